The molecule has 2 aromatic heterocycles. The molecule has 2 aliphatic rings. The van der Waals surface area contributed by atoms with Crippen molar-refractivity contribution in [1.82, 2.24) is 15.1 Å². The Morgan fingerprint density at radius 2 is 1.95 bits per heavy atom. The standard InChI is InChI=1S/C30H30N4O3S2/c1-20-8-5-6-12-24(20)34-30-27(28(32-34)21-9-3-2-4-10-21)29(22-13-15-38-18-22)39-19-26(36)33(30)17-25(35)31-16-23-11-7-14-37-23/h2-6,8-10,12-13,15,18,23,29H,7,11,14,16-17,19H2,1H3,(H,31,35)/t23-,29+/m1/s1. The highest BCUT2D eigenvalue weighted by Crippen LogP contribution is 2.49. The van der Waals surface area contributed by atoms with Gasteiger partial charge in [-0.25, -0.2) is 4.68 Å². The van der Waals surface area contributed by atoms with Gasteiger partial charge in [0.1, 0.15) is 12.4 Å². The highest BCUT2D eigenvalue weighted by molar-refractivity contribution is 8.00. The van der Waals surface area contributed by atoms with Crippen molar-refractivity contribution in [1.29, 1.82) is 0 Å². The van der Waals surface area contributed by atoms with Gasteiger partial charge in [0.15, 0.2) is 0 Å². The fraction of sp³-hybridized carbons (Fsp3) is 0.300. The maximum atomic E-state index is 13.8. The minimum absolute atomic E-state index is 0.0325. The number of thiophene rings is 1. The lowest BCUT2D eigenvalue weighted by Gasteiger charge is -2.24. The molecule has 6 rings (SSSR count). The summed E-state index contributed by atoms with van der Waals surface area (Å²) >= 11 is 3.23. The topological polar surface area (TPSA) is 76.5 Å². The number of aryl methyl sites for hydroxylation is 1. The summed E-state index contributed by atoms with van der Waals surface area (Å²) in [6, 6.07) is 20.2. The number of para-hydroxylation sites is 1. The minimum Gasteiger partial charge on any atom is -0.376 e. The number of rotatable bonds is 7. The van der Waals surface area contributed by atoms with Gasteiger partial charge in [0.05, 0.1) is 28.5 Å². The number of ether oxygens (including phenoxy) is 1. The molecule has 4 aromatic rings. The van der Waals surface area contributed by atoms with E-state index in [4.69, 9.17) is 9.84 Å². The molecule has 0 bridgehead atoms. The first-order chi connectivity index (χ1) is 19.1. The molecular weight excluding hydrogens is 528 g/mol. The SMILES string of the molecule is Cc1ccccc1-n1nc(-c2ccccc2)c2c1N(CC(=O)NC[C@H]1CCCO1)C(=O)CS[C@H]2c1ccsc1. The number of nitrogens with zero attached hydrogens (tertiary/aromatic N) is 3. The fourth-order valence-corrected chi connectivity index (χ4v) is 7.18. The van der Waals surface area contributed by atoms with Crippen LogP contribution in [0, 0.1) is 6.92 Å². The van der Waals surface area contributed by atoms with E-state index in [2.05, 4.69) is 22.1 Å². The van der Waals surface area contributed by atoms with Gasteiger partial charge in [-0.2, -0.15) is 16.4 Å². The Kier molecular flexibility index (Phi) is 7.54. The van der Waals surface area contributed by atoms with Crippen molar-refractivity contribution < 1.29 is 14.3 Å². The highest BCUT2D eigenvalue weighted by atomic mass is 32.2. The quantitative estimate of drug-likeness (QED) is 0.330. The molecule has 1 saturated heterocycles. The van der Waals surface area contributed by atoms with Crippen LogP contribution in [0.2, 0.25) is 0 Å². The fourth-order valence-electron chi connectivity index (χ4n) is 5.22. The van der Waals surface area contributed by atoms with Gasteiger partial charge in [0.25, 0.3) is 0 Å². The molecule has 0 spiro atoms. The predicted molar refractivity (Wildman–Crippen MR) is 157 cm³/mol. The molecule has 7 nitrogen and oxygen atoms in total. The average molecular weight is 559 g/mol. The van der Waals surface area contributed by atoms with Crippen LogP contribution in [-0.2, 0) is 14.3 Å². The van der Waals surface area contributed by atoms with E-state index in [9.17, 15) is 9.59 Å². The summed E-state index contributed by atoms with van der Waals surface area (Å²) < 4.78 is 7.54. The normalized spacial score (nSPS) is 19.1. The highest BCUT2D eigenvalue weighted by Gasteiger charge is 2.38. The van der Waals surface area contributed by atoms with Gasteiger partial charge in [-0.05, 0) is 53.8 Å². The van der Waals surface area contributed by atoms with Crippen molar-refractivity contribution in [2.24, 2.45) is 0 Å². The first-order valence-corrected chi connectivity index (χ1v) is 15.2. The van der Waals surface area contributed by atoms with Crippen LogP contribution in [0.4, 0.5) is 5.82 Å². The minimum atomic E-state index is -0.206. The van der Waals surface area contributed by atoms with E-state index in [1.165, 1.54) is 0 Å². The smallest absolute Gasteiger partial charge is 0.240 e. The molecule has 2 amide bonds. The largest absolute Gasteiger partial charge is 0.376 e. The monoisotopic (exact) mass is 558 g/mol. The third-order valence-corrected chi connectivity index (χ3v) is 9.13. The van der Waals surface area contributed by atoms with Gasteiger partial charge in [-0.15, -0.1) is 11.8 Å². The molecule has 2 atom stereocenters. The average Bonchev–Trinajstić information content (AvgIpc) is 3.73. The molecule has 4 heterocycles. The summed E-state index contributed by atoms with van der Waals surface area (Å²) in [5.74, 6) is 0.598. The summed E-state index contributed by atoms with van der Waals surface area (Å²) in [6.07, 6.45) is 1.98. The molecule has 2 aromatic carbocycles. The number of carbonyl (C=O) groups is 2. The lowest BCUT2D eigenvalue weighted by Crippen LogP contribution is -2.44. The third-order valence-electron chi connectivity index (χ3n) is 7.18. The van der Waals surface area contributed by atoms with Crippen LogP contribution in [0.5, 0.6) is 0 Å². The lowest BCUT2D eigenvalue weighted by atomic mass is 10.0. The Labute approximate surface area is 236 Å². The molecule has 0 unspecified atom stereocenters. The second-order valence-electron chi connectivity index (χ2n) is 9.82. The molecular formula is C30H30N4O3S2. The van der Waals surface area contributed by atoms with E-state index in [0.29, 0.717) is 12.4 Å². The Balaban J connectivity index is 1.51. The van der Waals surface area contributed by atoms with E-state index in [1.807, 2.05) is 66.2 Å². The molecule has 0 aliphatic carbocycles. The zero-order valence-electron chi connectivity index (χ0n) is 21.7. The Bertz CT molecular complexity index is 1460. The number of hydrogen-bond acceptors (Lipinski definition) is 6. The first kappa shape index (κ1) is 25.9. The maximum Gasteiger partial charge on any atom is 0.240 e. The second-order valence-corrected chi connectivity index (χ2v) is 11.7. The van der Waals surface area contributed by atoms with Crippen LogP contribution in [0.1, 0.15) is 34.8 Å². The van der Waals surface area contributed by atoms with Gasteiger partial charge in [0, 0.05) is 24.3 Å². The summed E-state index contributed by atoms with van der Waals surface area (Å²) in [4.78, 5) is 28.6. The molecule has 0 saturated carbocycles. The predicted octanol–water partition coefficient (Wildman–Crippen LogP) is 5.37. The second kappa shape index (κ2) is 11.4. The Morgan fingerprint density at radius 1 is 1.13 bits per heavy atom. The third kappa shape index (κ3) is 5.26. The van der Waals surface area contributed by atoms with E-state index >= 15 is 0 Å². The van der Waals surface area contributed by atoms with E-state index in [0.717, 1.165) is 53.1 Å². The van der Waals surface area contributed by atoms with Crippen molar-refractivity contribution in [2.45, 2.75) is 31.1 Å². The number of carbonyl (C=O) groups excluding carboxylic acids is 2. The van der Waals surface area contributed by atoms with E-state index in [1.54, 1.807) is 28.0 Å². The van der Waals surface area contributed by atoms with Gasteiger partial charge >= 0.3 is 0 Å². The summed E-state index contributed by atoms with van der Waals surface area (Å²) in [5, 5.41) is 12.2. The number of benzene rings is 2. The van der Waals surface area contributed by atoms with Crippen molar-refractivity contribution in [3.05, 3.63) is 88.1 Å². The van der Waals surface area contributed by atoms with Gasteiger partial charge in [-0.1, -0.05) is 48.5 Å². The summed E-state index contributed by atoms with van der Waals surface area (Å²) in [5.41, 5.74) is 5.78. The van der Waals surface area contributed by atoms with Gasteiger partial charge in [-0.3, -0.25) is 14.5 Å². The summed E-state index contributed by atoms with van der Waals surface area (Å²) in [7, 11) is 0. The van der Waals surface area contributed by atoms with Crippen LogP contribution in [0.3, 0.4) is 0 Å². The zero-order valence-corrected chi connectivity index (χ0v) is 23.3. The number of fused-ring (bicyclic) bond motifs is 1. The van der Waals surface area contributed by atoms with E-state index in [-0.39, 0.29) is 35.5 Å². The van der Waals surface area contributed by atoms with Crippen LogP contribution in [0.15, 0.2) is 71.4 Å². The van der Waals surface area contributed by atoms with Crippen LogP contribution >= 0.6 is 23.1 Å². The van der Waals surface area contributed by atoms with Crippen molar-refractivity contribution in [3.8, 4) is 16.9 Å². The molecule has 2 aliphatic heterocycles. The molecule has 1 N–H and O–H groups in total. The summed E-state index contributed by atoms with van der Waals surface area (Å²) in [6.45, 7) is 3.13. The Hall–Kier alpha value is -3.40. The number of hydrogen-bond donors (Lipinski definition) is 1. The maximum absolute atomic E-state index is 13.8. The number of anilines is 1. The van der Waals surface area contributed by atoms with Crippen molar-refractivity contribution >= 4 is 40.7 Å². The van der Waals surface area contributed by atoms with Gasteiger partial charge in [0.2, 0.25) is 11.8 Å². The molecule has 200 valence electrons. The van der Waals surface area contributed by atoms with Crippen LogP contribution < -0.4 is 10.2 Å². The number of thioether (sulfide) groups is 1. The van der Waals surface area contributed by atoms with Gasteiger partial charge < -0.3 is 10.1 Å². The number of amides is 2. The molecule has 9 heteroatoms. The Morgan fingerprint density at radius 3 is 2.69 bits per heavy atom. The lowest BCUT2D eigenvalue weighted by molar-refractivity contribution is -0.123. The van der Waals surface area contributed by atoms with Crippen molar-refractivity contribution in [2.75, 3.05) is 30.3 Å². The molecule has 0 radical (unpaired) electrons. The number of aromatic nitrogens is 2. The van der Waals surface area contributed by atoms with Crippen LogP contribution in [0.25, 0.3) is 16.9 Å². The van der Waals surface area contributed by atoms with E-state index < -0.39 is 0 Å². The van der Waals surface area contributed by atoms with Crippen molar-refractivity contribution in [3.63, 3.8) is 0 Å². The molecule has 39 heavy (non-hydrogen) atoms. The first-order valence-electron chi connectivity index (χ1n) is 13.2. The molecule has 1 fully saturated rings. The zero-order chi connectivity index (χ0) is 26.8. The number of nitrogens with one attached hydrogen (secondary N) is 1. The van der Waals surface area contributed by atoms with Crippen LogP contribution in [-0.4, -0.2) is 53.1 Å².